The van der Waals surface area contributed by atoms with Crippen LogP contribution in [-0.4, -0.2) is 0 Å². The van der Waals surface area contributed by atoms with Gasteiger partial charge in [-0.25, -0.2) is 0 Å². The topological polar surface area (TPSA) is 0 Å². The molecule has 0 N–H and O–H groups in total. The van der Waals surface area contributed by atoms with Crippen LogP contribution in [0.5, 0.6) is 0 Å². The number of benzene rings is 1. The normalized spacial score (nSPS) is 6.23. The van der Waals surface area contributed by atoms with Gasteiger partial charge < -0.3 is 12.6 Å². The second-order valence-electron chi connectivity index (χ2n) is 4.45. The van der Waals surface area contributed by atoms with Crippen molar-refractivity contribution < 1.29 is 68.9 Å². The van der Waals surface area contributed by atoms with Crippen LogP contribution >= 0.6 is 0 Å². The van der Waals surface area contributed by atoms with Gasteiger partial charge in [0, 0.05) is 0 Å². The Morgan fingerprint density at radius 1 is 0.769 bits per heavy atom. The first-order valence-corrected chi connectivity index (χ1v) is 7.45. The molecule has 0 bridgehead atoms. The third-order valence-electron chi connectivity index (χ3n) is 2.59. The molecule has 0 heterocycles. The Hall–Kier alpha value is -1.85. The fourth-order valence-corrected chi connectivity index (χ4v) is 1.76. The smallest absolute Gasteiger partial charge is 0.770 e. The molecule has 0 aromatic heterocycles. The summed E-state index contributed by atoms with van der Waals surface area (Å²) in [5.74, 6) is 0. The molecule has 0 aliphatic carbocycles. The largest absolute Gasteiger partial charge is 1.00 e. The Morgan fingerprint density at radius 3 is 1.73 bits per heavy atom. The molecular weight excluding hydrogens is 453 g/mol. The fraction of sp³-hybridized carbons (Fsp3) is 0.0833. The van der Waals surface area contributed by atoms with Crippen molar-refractivity contribution in [2.75, 3.05) is 0 Å². The van der Waals surface area contributed by atoms with E-state index < -0.39 is 0 Å². The standard InChI is InChI=1S/C24H12S.Cs/c1-4-5-6-7-8-9-10-11-12-13-14-15-16-17-24(25)23-20-21(2)18-19-22(23)3;/h18-20,25H,1H2,2-3H3;/q;+1/p-1. The summed E-state index contributed by atoms with van der Waals surface area (Å²) >= 11 is 5.32. The van der Waals surface area contributed by atoms with Gasteiger partial charge in [-0.15, -0.1) is 4.91 Å². The van der Waals surface area contributed by atoms with Gasteiger partial charge in [0.15, 0.2) is 0 Å². The van der Waals surface area contributed by atoms with Gasteiger partial charge in [0.05, 0.1) is 0 Å². The van der Waals surface area contributed by atoms with Crippen molar-refractivity contribution in [1.29, 1.82) is 0 Å². The van der Waals surface area contributed by atoms with Crippen molar-refractivity contribution in [1.82, 2.24) is 0 Å². The monoisotopic (exact) mass is 464 g/mol. The van der Waals surface area contributed by atoms with Crippen LogP contribution in [-0.2, 0) is 12.6 Å². The molecule has 1 aromatic rings. The van der Waals surface area contributed by atoms with E-state index in [9.17, 15) is 0 Å². The van der Waals surface area contributed by atoms with Crippen LogP contribution in [0.1, 0.15) is 16.7 Å². The van der Waals surface area contributed by atoms with Gasteiger partial charge in [-0.1, -0.05) is 35.2 Å². The average molecular weight is 464 g/mol. The second kappa shape index (κ2) is 15.4. The van der Waals surface area contributed by atoms with Gasteiger partial charge in [0.25, 0.3) is 0 Å². The Kier molecular flexibility index (Phi) is 14.3. The quantitative estimate of drug-likeness (QED) is 0.453. The third-order valence-corrected chi connectivity index (χ3v) is 2.91. The van der Waals surface area contributed by atoms with Crippen LogP contribution in [0.4, 0.5) is 0 Å². The summed E-state index contributed by atoms with van der Waals surface area (Å²) in [5.41, 5.74) is 39.0. The molecule has 0 aliphatic heterocycles. The Balaban J connectivity index is 0.00000625. The maximum Gasteiger partial charge on any atom is 1.00 e. The fourth-order valence-electron chi connectivity index (χ4n) is 1.49. The van der Waals surface area contributed by atoms with E-state index >= 15 is 0 Å². The van der Waals surface area contributed by atoms with Gasteiger partial charge in [-0.2, -0.15) is 0 Å². The number of hydrogen-bond acceptors (Lipinski definition) is 1. The summed E-state index contributed by atoms with van der Waals surface area (Å²) in [4.78, 5) is 0.572. The van der Waals surface area contributed by atoms with E-state index in [1.165, 1.54) is 0 Å². The van der Waals surface area contributed by atoms with Crippen LogP contribution in [0.3, 0.4) is 0 Å². The molecule has 0 spiro atoms. The van der Waals surface area contributed by atoms with Crippen molar-refractivity contribution in [2.24, 2.45) is 0 Å². The van der Waals surface area contributed by atoms with E-state index in [1.807, 2.05) is 32.0 Å². The Bertz CT molecular complexity index is 1220. The molecular formula is C24H11CsS. The molecule has 114 valence electrons. The zero-order chi connectivity index (χ0) is 18.3. The van der Waals surface area contributed by atoms with E-state index in [0.29, 0.717) is 4.91 Å². The predicted octanol–water partition coefficient (Wildman–Crippen LogP) is 2.00. The van der Waals surface area contributed by atoms with Crippen LogP contribution < -0.4 is 68.9 Å². The maximum atomic E-state index is 5.32. The van der Waals surface area contributed by atoms with Crippen LogP contribution in [0.2, 0.25) is 0 Å². The van der Waals surface area contributed by atoms with Crippen molar-refractivity contribution in [3.63, 3.8) is 0 Å². The molecule has 0 saturated heterocycles. The molecule has 0 nitrogen and oxygen atoms in total. The first-order valence-electron chi connectivity index (χ1n) is 7.05. The molecule has 0 fully saturated rings. The summed E-state index contributed by atoms with van der Waals surface area (Å²) in [5, 5.41) is 0. The third kappa shape index (κ3) is 10.9. The van der Waals surface area contributed by atoms with Gasteiger partial charge in [-0.3, -0.25) is 0 Å². The van der Waals surface area contributed by atoms with Crippen LogP contribution in [0, 0.1) is 13.8 Å². The zero-order valence-corrected chi connectivity index (χ0v) is 21.9. The van der Waals surface area contributed by atoms with E-state index in [-0.39, 0.29) is 68.9 Å². The van der Waals surface area contributed by atoms with E-state index in [4.69, 9.17) is 12.6 Å². The minimum absolute atomic E-state index is 0. The summed E-state index contributed by atoms with van der Waals surface area (Å²) in [6.07, 6.45) is 0. The summed E-state index contributed by atoms with van der Waals surface area (Å²) in [6, 6.07) is 6.09. The van der Waals surface area contributed by atoms with Gasteiger partial charge >= 0.3 is 68.9 Å². The van der Waals surface area contributed by atoms with Crippen molar-refractivity contribution in [2.45, 2.75) is 13.8 Å². The average Bonchev–Trinajstić information content (AvgIpc) is 2.61. The van der Waals surface area contributed by atoms with Crippen molar-refractivity contribution >= 4 is 17.5 Å². The minimum atomic E-state index is 0. The van der Waals surface area contributed by atoms with Gasteiger partial charge in [0.2, 0.25) is 0 Å². The first-order chi connectivity index (χ1) is 12.1. The molecule has 1 rings (SSSR count). The summed E-state index contributed by atoms with van der Waals surface area (Å²) in [6.45, 7) is 7.34. The summed E-state index contributed by atoms with van der Waals surface area (Å²) < 4.78 is 0. The van der Waals surface area contributed by atoms with Crippen LogP contribution in [0.25, 0.3) is 4.91 Å². The van der Waals surface area contributed by atoms with Crippen molar-refractivity contribution in [3.05, 3.63) is 122 Å². The molecule has 0 saturated carbocycles. The molecule has 26 heavy (non-hydrogen) atoms. The first kappa shape index (κ1) is 24.2. The SMILES string of the molecule is C=C=C=C=C=C=C=C=C=C=C=C=C=C=C=C([S-])c1cc(C)ccc1C.[Cs+]. The number of aryl methyl sites for hydroxylation is 2. The molecule has 0 atom stereocenters. The van der Waals surface area contributed by atoms with E-state index in [0.717, 1.165) is 16.7 Å². The zero-order valence-electron chi connectivity index (χ0n) is 14.8. The summed E-state index contributed by atoms with van der Waals surface area (Å²) in [7, 11) is 0. The maximum absolute atomic E-state index is 5.32. The molecule has 0 amide bonds. The Morgan fingerprint density at radius 2 is 1.23 bits per heavy atom. The molecule has 2 heteroatoms. The molecule has 0 radical (unpaired) electrons. The van der Waals surface area contributed by atoms with E-state index in [1.54, 1.807) is 0 Å². The molecule has 0 aliphatic rings. The Labute approximate surface area is 218 Å². The predicted molar refractivity (Wildman–Crippen MR) is 101 cm³/mol. The number of hydrogen-bond donors (Lipinski definition) is 0. The second-order valence-corrected chi connectivity index (χ2v) is 4.86. The molecule has 1 aromatic carbocycles. The van der Waals surface area contributed by atoms with Gasteiger partial charge in [0.1, 0.15) is 0 Å². The van der Waals surface area contributed by atoms with Gasteiger partial charge in [-0.05, 0) is 100 Å². The molecule has 0 unspecified atom stereocenters. The minimum Gasteiger partial charge on any atom is -0.770 e. The van der Waals surface area contributed by atoms with E-state index in [2.05, 4.69) is 86.8 Å². The number of rotatable bonds is 1. The van der Waals surface area contributed by atoms with Crippen molar-refractivity contribution in [3.8, 4) is 0 Å². The van der Waals surface area contributed by atoms with Crippen LogP contribution in [0.15, 0.2) is 105 Å².